The molecule has 2 aromatic heterocycles. The first-order chi connectivity index (χ1) is 28.4. The van der Waals surface area contributed by atoms with E-state index in [2.05, 4.69) is 207 Å². The molecule has 58 heavy (non-hydrogen) atoms. The number of hydrogen-bond acceptors (Lipinski definition) is 4. The highest BCUT2D eigenvalue weighted by Crippen LogP contribution is 2.44. The first kappa shape index (κ1) is 34.0. The van der Waals surface area contributed by atoms with Crippen LogP contribution in [0.3, 0.4) is 0 Å². The van der Waals surface area contributed by atoms with Gasteiger partial charge in [0.15, 0.2) is 0 Å². The predicted molar refractivity (Wildman–Crippen MR) is 244 cm³/mol. The monoisotopic (exact) mass is 748 g/mol. The smallest absolute Gasteiger partial charge is 0.139 e. The molecule has 0 N–H and O–H groups in total. The lowest BCUT2D eigenvalue weighted by Crippen LogP contribution is -2.12. The van der Waals surface area contributed by atoms with Gasteiger partial charge in [-0.3, -0.25) is 0 Å². The third kappa shape index (κ3) is 5.44. The summed E-state index contributed by atoms with van der Waals surface area (Å²) in [5.41, 5.74) is 15.1. The highest BCUT2D eigenvalue weighted by Gasteiger charge is 2.20. The van der Waals surface area contributed by atoms with Crippen LogP contribution in [0, 0.1) is 27.7 Å². The van der Waals surface area contributed by atoms with Gasteiger partial charge < -0.3 is 18.6 Å². The molecule has 0 aliphatic carbocycles. The van der Waals surface area contributed by atoms with Crippen LogP contribution in [0.4, 0.5) is 34.1 Å². The number of para-hydroxylation sites is 4. The van der Waals surface area contributed by atoms with E-state index < -0.39 is 0 Å². The van der Waals surface area contributed by atoms with E-state index in [4.69, 9.17) is 8.83 Å². The van der Waals surface area contributed by atoms with Gasteiger partial charge in [0.2, 0.25) is 0 Å². The average molecular weight is 749 g/mol. The number of furan rings is 2. The second kappa shape index (κ2) is 13.1. The van der Waals surface area contributed by atoms with Crippen molar-refractivity contribution in [3.8, 4) is 0 Å². The van der Waals surface area contributed by atoms with Crippen molar-refractivity contribution in [1.82, 2.24) is 0 Å². The summed E-state index contributed by atoms with van der Waals surface area (Å²) in [6, 6.07) is 60.9. The van der Waals surface area contributed by atoms with Crippen molar-refractivity contribution in [3.05, 3.63) is 192 Å². The molecule has 4 nitrogen and oxygen atoms in total. The zero-order chi connectivity index (χ0) is 39.1. The molecule has 0 saturated heterocycles. The summed E-state index contributed by atoms with van der Waals surface area (Å²) in [6.45, 7) is 8.73. The number of anilines is 6. The van der Waals surface area contributed by atoms with Crippen molar-refractivity contribution in [1.29, 1.82) is 0 Å². The van der Waals surface area contributed by atoms with E-state index in [1.54, 1.807) is 0 Å². The summed E-state index contributed by atoms with van der Waals surface area (Å²) in [5, 5.41) is 8.94. The molecule has 0 atom stereocenters. The molecule has 0 bridgehead atoms. The number of aryl methyl sites for hydroxylation is 4. The second-order valence-electron chi connectivity index (χ2n) is 15.6. The molecule has 0 saturated carbocycles. The molecule has 0 spiro atoms. The van der Waals surface area contributed by atoms with E-state index in [-0.39, 0.29) is 0 Å². The highest BCUT2D eigenvalue weighted by atomic mass is 16.3. The molecule has 4 heteroatoms. The fraction of sp³-hybridized carbons (Fsp3) is 0.0741. The number of benzene rings is 9. The van der Waals surface area contributed by atoms with E-state index in [0.29, 0.717) is 0 Å². The van der Waals surface area contributed by atoms with Crippen molar-refractivity contribution in [3.63, 3.8) is 0 Å². The minimum atomic E-state index is 0.817. The van der Waals surface area contributed by atoms with E-state index in [1.165, 1.54) is 33.6 Å². The van der Waals surface area contributed by atoms with Gasteiger partial charge in [-0.05, 0) is 150 Å². The Morgan fingerprint density at radius 2 is 0.672 bits per heavy atom. The topological polar surface area (TPSA) is 32.8 Å². The van der Waals surface area contributed by atoms with Gasteiger partial charge in [-0.15, -0.1) is 0 Å². The minimum absolute atomic E-state index is 0.817. The fourth-order valence-electron chi connectivity index (χ4n) is 9.07. The van der Waals surface area contributed by atoms with Crippen LogP contribution in [0.15, 0.2) is 179 Å². The van der Waals surface area contributed by atoms with Gasteiger partial charge in [-0.2, -0.15) is 0 Å². The van der Waals surface area contributed by atoms with Crippen molar-refractivity contribution >= 4 is 99.5 Å². The lowest BCUT2D eigenvalue weighted by molar-refractivity contribution is 0.656. The maximum absolute atomic E-state index is 6.62. The molecule has 278 valence electrons. The van der Waals surface area contributed by atoms with Gasteiger partial charge in [0.25, 0.3) is 0 Å². The molecule has 9 aromatic carbocycles. The van der Waals surface area contributed by atoms with Gasteiger partial charge >= 0.3 is 0 Å². The summed E-state index contributed by atoms with van der Waals surface area (Å²) in [4.78, 5) is 4.72. The van der Waals surface area contributed by atoms with Gasteiger partial charge in [0, 0.05) is 50.4 Å². The molecule has 2 heterocycles. The Hall–Kier alpha value is -7.30. The number of nitrogens with zero attached hydrogens (tertiary/aromatic N) is 2. The quantitative estimate of drug-likeness (QED) is 0.170. The molecule has 11 aromatic rings. The standard InChI is InChI=1S/C54H40N2O2/c1-33-13-11-14-34(2)53(33)55(41-17-7-5-8-18-41)43-23-21-37-27-45-47-31-48-46-28-38-22-24-44(56(42-19-9-6-10-20-42)54-35(3)15-12-16-36(54)4)26-40(38)30-50(46)58-52(48)32-51(47)57-49(45)29-39(37)25-43/h5-32H,1-4H3. The van der Waals surface area contributed by atoms with E-state index in [1.807, 2.05) is 0 Å². The summed E-state index contributed by atoms with van der Waals surface area (Å²) >= 11 is 0. The molecular formula is C54H40N2O2. The molecule has 0 unspecified atom stereocenters. The Labute approximate surface area is 336 Å². The van der Waals surface area contributed by atoms with Gasteiger partial charge in [0.1, 0.15) is 22.3 Å². The average Bonchev–Trinajstić information content (AvgIpc) is 3.76. The molecule has 0 radical (unpaired) electrons. The zero-order valence-electron chi connectivity index (χ0n) is 32.9. The van der Waals surface area contributed by atoms with Gasteiger partial charge in [-0.1, -0.05) is 84.9 Å². The van der Waals surface area contributed by atoms with Crippen molar-refractivity contribution in [2.24, 2.45) is 0 Å². The predicted octanol–water partition coefficient (Wildman–Crippen LogP) is 16.0. The third-order valence-corrected chi connectivity index (χ3v) is 11.8. The summed E-state index contributed by atoms with van der Waals surface area (Å²) in [5.74, 6) is 0. The number of fused-ring (bicyclic) bond motifs is 8. The first-order valence-corrected chi connectivity index (χ1v) is 19.9. The van der Waals surface area contributed by atoms with Crippen LogP contribution in [0.25, 0.3) is 65.4 Å². The van der Waals surface area contributed by atoms with Gasteiger partial charge in [0.05, 0.1) is 11.4 Å². The third-order valence-electron chi connectivity index (χ3n) is 11.8. The lowest BCUT2D eigenvalue weighted by atomic mass is 10.0. The molecule has 0 fully saturated rings. The number of hydrogen-bond donors (Lipinski definition) is 0. The maximum atomic E-state index is 6.62. The Bertz CT molecular complexity index is 3130. The molecule has 11 rings (SSSR count). The summed E-state index contributed by atoms with van der Waals surface area (Å²) < 4.78 is 13.2. The van der Waals surface area contributed by atoms with Crippen molar-refractivity contribution < 1.29 is 8.83 Å². The van der Waals surface area contributed by atoms with Gasteiger partial charge in [-0.25, -0.2) is 0 Å². The highest BCUT2D eigenvalue weighted by molar-refractivity contribution is 6.18. The van der Waals surface area contributed by atoms with Crippen molar-refractivity contribution in [2.75, 3.05) is 9.80 Å². The fourth-order valence-corrected chi connectivity index (χ4v) is 9.07. The number of rotatable bonds is 6. The van der Waals surface area contributed by atoms with Crippen LogP contribution >= 0.6 is 0 Å². The second-order valence-corrected chi connectivity index (χ2v) is 15.6. The van der Waals surface area contributed by atoms with E-state index >= 15 is 0 Å². The summed E-state index contributed by atoms with van der Waals surface area (Å²) in [7, 11) is 0. The Kier molecular flexibility index (Phi) is 7.70. The van der Waals surface area contributed by atoms with Crippen LogP contribution in [0.1, 0.15) is 22.3 Å². The first-order valence-electron chi connectivity index (χ1n) is 19.9. The zero-order valence-corrected chi connectivity index (χ0v) is 32.9. The molecule has 0 amide bonds. The maximum Gasteiger partial charge on any atom is 0.139 e. The summed E-state index contributed by atoms with van der Waals surface area (Å²) in [6.07, 6.45) is 0. The molecule has 0 aliphatic heterocycles. The van der Waals surface area contributed by atoms with Crippen LogP contribution in [0.5, 0.6) is 0 Å². The Morgan fingerprint density at radius 1 is 0.293 bits per heavy atom. The lowest BCUT2D eigenvalue weighted by Gasteiger charge is -2.29. The van der Waals surface area contributed by atoms with E-state index in [0.717, 1.165) is 88.2 Å². The normalized spacial score (nSPS) is 11.8. The SMILES string of the molecule is Cc1cccc(C)c1N(c1ccccc1)c1ccc2cc3c(cc2c1)oc1cc2oc4cc5cc(N(c6ccccc6)c6c(C)cccc6C)ccc5cc4c2cc13. The van der Waals surface area contributed by atoms with Crippen LogP contribution in [0.2, 0.25) is 0 Å². The van der Waals surface area contributed by atoms with Crippen LogP contribution in [-0.4, -0.2) is 0 Å². The van der Waals surface area contributed by atoms with Crippen LogP contribution < -0.4 is 9.80 Å². The Morgan fingerprint density at radius 3 is 1.09 bits per heavy atom. The minimum Gasteiger partial charge on any atom is -0.456 e. The molecule has 0 aliphatic rings. The Balaban J connectivity index is 1.02. The largest absolute Gasteiger partial charge is 0.456 e. The molecular weight excluding hydrogens is 709 g/mol. The van der Waals surface area contributed by atoms with Crippen molar-refractivity contribution in [2.45, 2.75) is 27.7 Å². The van der Waals surface area contributed by atoms with E-state index in [9.17, 15) is 0 Å². The van der Waals surface area contributed by atoms with Crippen LogP contribution in [-0.2, 0) is 0 Å².